The van der Waals surface area contributed by atoms with Crippen molar-refractivity contribution in [3.05, 3.63) is 5.01 Å². The molecule has 0 unspecified atom stereocenters. The second-order valence-electron chi connectivity index (χ2n) is 5.40. The third kappa shape index (κ3) is 3.17. The predicted octanol–water partition coefficient (Wildman–Crippen LogP) is 1.76. The summed E-state index contributed by atoms with van der Waals surface area (Å²) in [4.78, 5) is 16.4. The molecule has 0 N–H and O–H groups in total. The summed E-state index contributed by atoms with van der Waals surface area (Å²) in [6.45, 7) is 8.78. The lowest BCUT2D eigenvalue weighted by molar-refractivity contribution is -0.139. The molecule has 0 atom stereocenters. The van der Waals surface area contributed by atoms with E-state index in [9.17, 15) is 4.79 Å². The SMILES string of the molecule is Cc1nnc(N2CCN(C(=O)C(C)(C)CCl)CC2)s1. The summed E-state index contributed by atoms with van der Waals surface area (Å²) >= 11 is 7.45. The molecule has 2 rings (SSSR count). The molecule has 1 fully saturated rings. The molecule has 1 saturated heterocycles. The Balaban J connectivity index is 1.94. The molecule has 0 aliphatic carbocycles. The van der Waals surface area contributed by atoms with Crippen LogP contribution in [0.3, 0.4) is 0 Å². The smallest absolute Gasteiger partial charge is 0.229 e. The van der Waals surface area contributed by atoms with Crippen LogP contribution in [0.15, 0.2) is 0 Å². The van der Waals surface area contributed by atoms with Gasteiger partial charge in [0.05, 0.1) is 5.41 Å². The van der Waals surface area contributed by atoms with Crippen molar-refractivity contribution in [1.29, 1.82) is 0 Å². The van der Waals surface area contributed by atoms with Crippen LogP contribution in [0, 0.1) is 12.3 Å². The van der Waals surface area contributed by atoms with E-state index < -0.39 is 5.41 Å². The molecule has 0 bridgehead atoms. The van der Waals surface area contributed by atoms with E-state index >= 15 is 0 Å². The van der Waals surface area contributed by atoms with E-state index in [1.807, 2.05) is 25.7 Å². The third-order valence-electron chi connectivity index (χ3n) is 3.27. The number of amides is 1. The Morgan fingerprint density at radius 3 is 2.42 bits per heavy atom. The highest BCUT2D eigenvalue weighted by molar-refractivity contribution is 7.15. The van der Waals surface area contributed by atoms with Gasteiger partial charge in [0.1, 0.15) is 5.01 Å². The van der Waals surface area contributed by atoms with Crippen molar-refractivity contribution in [3.8, 4) is 0 Å². The van der Waals surface area contributed by atoms with Crippen molar-refractivity contribution < 1.29 is 4.79 Å². The standard InChI is InChI=1S/C12H19ClN4OS/c1-9-14-15-11(19-9)17-6-4-16(5-7-17)10(18)12(2,3)8-13/h4-8H2,1-3H3. The van der Waals surface area contributed by atoms with E-state index in [0.717, 1.165) is 36.3 Å². The van der Waals surface area contributed by atoms with Crippen LogP contribution >= 0.6 is 22.9 Å². The van der Waals surface area contributed by atoms with Crippen LogP contribution in [0.25, 0.3) is 0 Å². The molecule has 106 valence electrons. The second kappa shape index (κ2) is 5.63. The van der Waals surface area contributed by atoms with Gasteiger partial charge in [-0.1, -0.05) is 11.3 Å². The molecule has 1 aromatic rings. The minimum atomic E-state index is -0.483. The number of nitrogens with zero attached hydrogens (tertiary/aromatic N) is 4. The van der Waals surface area contributed by atoms with Crippen molar-refractivity contribution in [2.45, 2.75) is 20.8 Å². The zero-order valence-electron chi connectivity index (χ0n) is 11.5. The molecule has 19 heavy (non-hydrogen) atoms. The summed E-state index contributed by atoms with van der Waals surface area (Å²) in [5, 5.41) is 10.1. The van der Waals surface area contributed by atoms with Gasteiger partial charge in [0.25, 0.3) is 0 Å². The quantitative estimate of drug-likeness (QED) is 0.798. The molecule has 7 heteroatoms. The summed E-state index contributed by atoms with van der Waals surface area (Å²) in [5.41, 5.74) is -0.483. The maximum atomic E-state index is 12.3. The summed E-state index contributed by atoms with van der Waals surface area (Å²) in [6.07, 6.45) is 0. The Morgan fingerprint density at radius 1 is 1.32 bits per heavy atom. The summed E-state index contributed by atoms with van der Waals surface area (Å²) in [7, 11) is 0. The lowest BCUT2D eigenvalue weighted by atomic mass is 9.94. The van der Waals surface area contributed by atoms with Gasteiger partial charge < -0.3 is 9.80 Å². The van der Waals surface area contributed by atoms with Crippen molar-refractivity contribution in [3.63, 3.8) is 0 Å². The molecule has 1 amide bonds. The molecule has 1 aliphatic heterocycles. The maximum absolute atomic E-state index is 12.3. The monoisotopic (exact) mass is 302 g/mol. The first-order valence-electron chi connectivity index (χ1n) is 6.34. The van der Waals surface area contributed by atoms with Gasteiger partial charge in [0.15, 0.2) is 0 Å². The van der Waals surface area contributed by atoms with E-state index in [1.54, 1.807) is 11.3 Å². The first-order chi connectivity index (χ1) is 8.94. The molecular formula is C12H19ClN4OS. The van der Waals surface area contributed by atoms with Crippen LogP contribution in [0.5, 0.6) is 0 Å². The highest BCUT2D eigenvalue weighted by atomic mass is 35.5. The summed E-state index contributed by atoms with van der Waals surface area (Å²) in [6, 6.07) is 0. The fraction of sp³-hybridized carbons (Fsp3) is 0.750. The van der Waals surface area contributed by atoms with Crippen LogP contribution in [-0.4, -0.2) is 53.1 Å². The number of rotatable bonds is 3. The number of anilines is 1. The maximum Gasteiger partial charge on any atom is 0.229 e. The Hall–Kier alpha value is -0.880. The summed E-state index contributed by atoms with van der Waals surface area (Å²) in [5.74, 6) is 0.484. The molecule has 5 nitrogen and oxygen atoms in total. The Bertz CT molecular complexity index is 454. The van der Waals surface area contributed by atoms with Gasteiger partial charge in [-0.25, -0.2) is 0 Å². The predicted molar refractivity (Wildman–Crippen MR) is 77.9 cm³/mol. The largest absolute Gasteiger partial charge is 0.343 e. The number of carbonyl (C=O) groups excluding carboxylic acids is 1. The van der Waals surface area contributed by atoms with Gasteiger partial charge >= 0.3 is 0 Å². The van der Waals surface area contributed by atoms with Crippen molar-refractivity contribution in [2.24, 2.45) is 5.41 Å². The molecule has 1 aliphatic rings. The number of halogens is 1. The fourth-order valence-corrected chi connectivity index (χ4v) is 2.85. The average Bonchev–Trinajstić information content (AvgIpc) is 2.85. The molecule has 0 radical (unpaired) electrons. The zero-order valence-corrected chi connectivity index (χ0v) is 13.1. The van der Waals surface area contributed by atoms with Crippen molar-refractivity contribution in [1.82, 2.24) is 15.1 Å². The summed E-state index contributed by atoms with van der Waals surface area (Å²) < 4.78 is 0. The van der Waals surface area contributed by atoms with Crippen LogP contribution < -0.4 is 4.90 Å². The van der Waals surface area contributed by atoms with E-state index in [1.165, 1.54) is 0 Å². The van der Waals surface area contributed by atoms with Gasteiger partial charge in [0, 0.05) is 32.1 Å². The van der Waals surface area contributed by atoms with Gasteiger partial charge in [-0.3, -0.25) is 4.79 Å². The Labute approximate surface area is 122 Å². The Kier molecular flexibility index (Phi) is 4.30. The van der Waals surface area contributed by atoms with Crippen LogP contribution in [-0.2, 0) is 4.79 Å². The number of carbonyl (C=O) groups is 1. The van der Waals surface area contributed by atoms with Gasteiger partial charge in [-0.15, -0.1) is 21.8 Å². The lowest BCUT2D eigenvalue weighted by Crippen LogP contribution is -2.52. The van der Waals surface area contributed by atoms with Crippen LogP contribution in [0.2, 0.25) is 0 Å². The van der Waals surface area contributed by atoms with Gasteiger partial charge in [-0.2, -0.15) is 0 Å². The number of alkyl halides is 1. The average molecular weight is 303 g/mol. The van der Waals surface area contributed by atoms with Crippen molar-refractivity contribution in [2.75, 3.05) is 37.0 Å². The van der Waals surface area contributed by atoms with Crippen molar-refractivity contribution >= 4 is 34.0 Å². The van der Waals surface area contributed by atoms with Gasteiger partial charge in [-0.05, 0) is 20.8 Å². The first-order valence-corrected chi connectivity index (χ1v) is 7.69. The molecule has 0 saturated carbocycles. The first kappa shape index (κ1) is 14.5. The highest BCUT2D eigenvalue weighted by Gasteiger charge is 2.33. The number of hydrogen-bond acceptors (Lipinski definition) is 5. The van der Waals surface area contributed by atoms with E-state index in [-0.39, 0.29) is 5.91 Å². The number of piperazine rings is 1. The zero-order chi connectivity index (χ0) is 14.0. The molecule has 0 aromatic carbocycles. The normalized spacial score (nSPS) is 16.8. The Morgan fingerprint density at radius 2 is 1.95 bits per heavy atom. The minimum Gasteiger partial charge on any atom is -0.343 e. The number of aryl methyl sites for hydroxylation is 1. The molecule has 1 aromatic heterocycles. The molecular weight excluding hydrogens is 284 g/mol. The number of hydrogen-bond donors (Lipinski definition) is 0. The van der Waals surface area contributed by atoms with E-state index in [2.05, 4.69) is 15.1 Å². The topological polar surface area (TPSA) is 49.3 Å². The van der Waals surface area contributed by atoms with Gasteiger partial charge in [0.2, 0.25) is 11.0 Å². The number of aromatic nitrogens is 2. The molecule has 2 heterocycles. The third-order valence-corrected chi connectivity index (χ3v) is 4.83. The van der Waals surface area contributed by atoms with E-state index in [0.29, 0.717) is 5.88 Å². The minimum absolute atomic E-state index is 0.135. The van der Waals surface area contributed by atoms with Crippen LogP contribution in [0.1, 0.15) is 18.9 Å². The fourth-order valence-electron chi connectivity index (χ4n) is 2.00. The molecule has 0 spiro atoms. The van der Waals surface area contributed by atoms with E-state index in [4.69, 9.17) is 11.6 Å². The lowest BCUT2D eigenvalue weighted by Gasteiger charge is -2.37. The van der Waals surface area contributed by atoms with Crippen LogP contribution in [0.4, 0.5) is 5.13 Å². The second-order valence-corrected chi connectivity index (χ2v) is 6.83. The highest BCUT2D eigenvalue weighted by Crippen LogP contribution is 2.24.